The Bertz CT molecular complexity index is 1590. The lowest BCUT2D eigenvalue weighted by Gasteiger charge is -2.15. The number of alkyl halides is 3. The molecule has 5 N–H and O–H groups in total. The molecule has 0 aliphatic heterocycles. The Morgan fingerprint density at radius 3 is 2.62 bits per heavy atom. The summed E-state index contributed by atoms with van der Waals surface area (Å²) in [7, 11) is -3.66. The second-order valence-electron chi connectivity index (χ2n) is 8.08. The third-order valence-corrected chi connectivity index (χ3v) is 6.62. The molecule has 4 aromatic rings. The maximum absolute atomic E-state index is 13.1. The molecule has 0 bridgehead atoms. The van der Waals surface area contributed by atoms with Crippen LogP contribution in [0.25, 0.3) is 11.3 Å². The number of primary amides is 1. The average Bonchev–Trinajstić information content (AvgIpc) is 3.32. The van der Waals surface area contributed by atoms with E-state index < -0.39 is 27.8 Å². The van der Waals surface area contributed by atoms with Crippen LogP contribution in [0.1, 0.15) is 28.5 Å². The molecule has 1 amide bonds. The highest BCUT2D eigenvalue weighted by Gasteiger charge is 2.32. The first-order chi connectivity index (χ1) is 18.5. The largest absolute Gasteiger partial charge is 0.487 e. The SMILES string of the molecule is CCS(=O)(=O)Nc1ccc(-c2[nH]nc(Nc3cccc(C(F)(F)F)n3)c2C(N)=O)cc1OCc1cccnc1. The number of pyridine rings is 2. The van der Waals surface area contributed by atoms with E-state index in [2.05, 4.69) is 30.2 Å². The number of aromatic amines is 1. The van der Waals surface area contributed by atoms with Gasteiger partial charge in [-0.1, -0.05) is 18.2 Å². The van der Waals surface area contributed by atoms with Gasteiger partial charge in [0, 0.05) is 23.5 Å². The second-order valence-corrected chi connectivity index (χ2v) is 10.1. The van der Waals surface area contributed by atoms with Crippen molar-refractivity contribution in [2.24, 2.45) is 5.73 Å². The van der Waals surface area contributed by atoms with Crippen molar-refractivity contribution in [1.29, 1.82) is 0 Å². The fraction of sp³-hybridized carbons (Fsp3) is 0.167. The number of H-pyrrole nitrogens is 1. The number of rotatable bonds is 10. The van der Waals surface area contributed by atoms with Crippen molar-refractivity contribution < 1.29 is 31.1 Å². The van der Waals surface area contributed by atoms with Gasteiger partial charge in [0.2, 0.25) is 10.0 Å². The van der Waals surface area contributed by atoms with Crippen LogP contribution in [0.3, 0.4) is 0 Å². The Labute approximate surface area is 220 Å². The molecule has 11 nitrogen and oxygen atoms in total. The minimum Gasteiger partial charge on any atom is -0.487 e. The van der Waals surface area contributed by atoms with Gasteiger partial charge in [0.15, 0.2) is 5.82 Å². The summed E-state index contributed by atoms with van der Waals surface area (Å²) >= 11 is 0. The molecule has 0 fully saturated rings. The van der Waals surface area contributed by atoms with Crippen LogP contribution in [0.2, 0.25) is 0 Å². The fourth-order valence-electron chi connectivity index (χ4n) is 3.43. The van der Waals surface area contributed by atoms with E-state index in [-0.39, 0.29) is 46.7 Å². The van der Waals surface area contributed by atoms with Gasteiger partial charge in [0.05, 0.1) is 17.1 Å². The van der Waals surface area contributed by atoms with Gasteiger partial charge in [-0.2, -0.15) is 18.3 Å². The van der Waals surface area contributed by atoms with Gasteiger partial charge < -0.3 is 15.8 Å². The fourth-order valence-corrected chi connectivity index (χ4v) is 4.08. The molecule has 15 heteroatoms. The highest BCUT2D eigenvalue weighted by Crippen LogP contribution is 2.35. The predicted molar refractivity (Wildman–Crippen MR) is 137 cm³/mol. The summed E-state index contributed by atoms with van der Waals surface area (Å²) < 4.78 is 71.9. The van der Waals surface area contributed by atoms with Gasteiger partial charge in [-0.15, -0.1) is 0 Å². The summed E-state index contributed by atoms with van der Waals surface area (Å²) in [4.78, 5) is 19.9. The second kappa shape index (κ2) is 11.0. The number of hydrogen-bond acceptors (Lipinski definition) is 8. The first kappa shape index (κ1) is 27.4. The van der Waals surface area contributed by atoms with E-state index in [0.717, 1.165) is 12.1 Å². The van der Waals surface area contributed by atoms with Gasteiger partial charge >= 0.3 is 6.18 Å². The zero-order valence-electron chi connectivity index (χ0n) is 20.3. The molecular formula is C24H22F3N7O4S. The van der Waals surface area contributed by atoms with E-state index >= 15 is 0 Å². The number of carbonyl (C=O) groups excluding carboxylic acids is 1. The Morgan fingerprint density at radius 1 is 1.15 bits per heavy atom. The van der Waals surface area contributed by atoms with E-state index in [1.807, 2.05) is 0 Å². The summed E-state index contributed by atoms with van der Waals surface area (Å²) in [5, 5.41) is 9.23. The van der Waals surface area contributed by atoms with Crippen molar-refractivity contribution in [3.63, 3.8) is 0 Å². The van der Waals surface area contributed by atoms with Gasteiger partial charge in [-0.05, 0) is 37.3 Å². The standard InChI is InChI=1S/C24H22F3N7O4S/c1-2-39(36,37)34-16-9-8-15(11-17(16)38-13-14-5-4-10-29-12-14)21-20(22(28)35)23(33-32-21)31-19-7-3-6-18(30-19)24(25,26)27/h3-12,34H,2,13H2,1H3,(H2,28,35)(H2,30,31,32,33). The minimum atomic E-state index is -4.67. The molecular weight excluding hydrogens is 539 g/mol. The molecule has 0 aliphatic carbocycles. The molecule has 0 aliphatic rings. The lowest BCUT2D eigenvalue weighted by molar-refractivity contribution is -0.141. The van der Waals surface area contributed by atoms with E-state index in [0.29, 0.717) is 11.1 Å². The number of carbonyl (C=O) groups is 1. The van der Waals surface area contributed by atoms with Crippen LogP contribution in [-0.2, 0) is 22.8 Å². The summed E-state index contributed by atoms with van der Waals surface area (Å²) in [6.45, 7) is 1.53. The number of ether oxygens (including phenoxy) is 1. The Morgan fingerprint density at radius 2 is 1.95 bits per heavy atom. The molecule has 0 saturated carbocycles. The zero-order chi connectivity index (χ0) is 28.2. The normalized spacial score (nSPS) is 11.7. The number of sulfonamides is 1. The topological polar surface area (TPSA) is 165 Å². The quantitative estimate of drug-likeness (QED) is 0.225. The number of nitrogens with one attached hydrogen (secondary N) is 3. The first-order valence-corrected chi connectivity index (χ1v) is 13.0. The molecule has 1 aromatic carbocycles. The summed E-state index contributed by atoms with van der Waals surface area (Å²) in [6, 6.07) is 11.1. The first-order valence-electron chi connectivity index (χ1n) is 11.3. The molecule has 3 heterocycles. The van der Waals surface area contributed by atoms with Crippen LogP contribution < -0.4 is 20.5 Å². The number of hydrogen-bond donors (Lipinski definition) is 4. The lowest BCUT2D eigenvalue weighted by atomic mass is 10.1. The highest BCUT2D eigenvalue weighted by atomic mass is 32.2. The van der Waals surface area contributed by atoms with Crippen molar-refractivity contribution in [3.05, 3.63) is 77.7 Å². The Hall–Kier alpha value is -4.66. The number of halogens is 3. The van der Waals surface area contributed by atoms with E-state index in [9.17, 15) is 26.4 Å². The monoisotopic (exact) mass is 561 g/mol. The van der Waals surface area contributed by atoms with Gasteiger partial charge in [0.1, 0.15) is 29.4 Å². The van der Waals surface area contributed by atoms with Crippen molar-refractivity contribution in [2.75, 3.05) is 15.8 Å². The molecule has 0 unspecified atom stereocenters. The molecule has 0 radical (unpaired) electrons. The molecule has 3 aromatic heterocycles. The number of benzene rings is 1. The van der Waals surface area contributed by atoms with Crippen molar-refractivity contribution in [2.45, 2.75) is 19.7 Å². The van der Waals surface area contributed by atoms with Gasteiger partial charge in [0.25, 0.3) is 5.91 Å². The van der Waals surface area contributed by atoms with Crippen LogP contribution in [0, 0.1) is 0 Å². The zero-order valence-corrected chi connectivity index (χ0v) is 21.1. The van der Waals surface area contributed by atoms with Crippen molar-refractivity contribution >= 4 is 33.3 Å². The van der Waals surface area contributed by atoms with E-state index in [1.165, 1.54) is 31.2 Å². The van der Waals surface area contributed by atoms with Crippen LogP contribution in [0.4, 0.5) is 30.5 Å². The Balaban J connectivity index is 1.71. The smallest absolute Gasteiger partial charge is 0.433 e. The average molecular weight is 562 g/mol. The van der Waals surface area contributed by atoms with Crippen LogP contribution in [0.15, 0.2) is 60.9 Å². The predicted octanol–water partition coefficient (Wildman–Crippen LogP) is 4.07. The number of aromatic nitrogens is 4. The summed E-state index contributed by atoms with van der Waals surface area (Å²) in [5.41, 5.74) is 5.61. The van der Waals surface area contributed by atoms with E-state index in [4.69, 9.17) is 10.5 Å². The molecule has 0 atom stereocenters. The number of amides is 1. The van der Waals surface area contributed by atoms with Gasteiger partial charge in [-0.3, -0.25) is 19.6 Å². The van der Waals surface area contributed by atoms with Crippen molar-refractivity contribution in [3.8, 4) is 17.0 Å². The molecule has 4 rings (SSSR count). The lowest BCUT2D eigenvalue weighted by Crippen LogP contribution is -2.16. The maximum atomic E-state index is 13.1. The molecule has 0 spiro atoms. The number of nitrogens with two attached hydrogens (primary N) is 1. The van der Waals surface area contributed by atoms with Crippen LogP contribution in [0.5, 0.6) is 5.75 Å². The Kier molecular flexibility index (Phi) is 7.71. The highest BCUT2D eigenvalue weighted by molar-refractivity contribution is 7.92. The van der Waals surface area contributed by atoms with Gasteiger partial charge in [-0.25, -0.2) is 13.4 Å². The van der Waals surface area contributed by atoms with E-state index in [1.54, 1.807) is 24.5 Å². The molecule has 39 heavy (non-hydrogen) atoms. The molecule has 204 valence electrons. The van der Waals surface area contributed by atoms with Crippen LogP contribution >= 0.6 is 0 Å². The van der Waals surface area contributed by atoms with Crippen LogP contribution in [-0.4, -0.2) is 40.2 Å². The minimum absolute atomic E-state index is 0.0534. The third kappa shape index (κ3) is 6.62. The third-order valence-electron chi connectivity index (χ3n) is 5.33. The summed E-state index contributed by atoms with van der Waals surface area (Å²) in [6.07, 6.45) is -1.50. The van der Waals surface area contributed by atoms with Crippen molar-refractivity contribution in [1.82, 2.24) is 20.2 Å². The maximum Gasteiger partial charge on any atom is 0.433 e. The number of nitrogens with zero attached hydrogens (tertiary/aromatic N) is 3. The number of anilines is 3. The summed E-state index contributed by atoms with van der Waals surface area (Å²) in [5.74, 6) is -1.34. The molecule has 0 saturated heterocycles.